The van der Waals surface area contributed by atoms with Gasteiger partial charge in [0.2, 0.25) is 5.91 Å². The Kier molecular flexibility index (Phi) is 4.32. The SMILES string of the molecule is O=C(CCCl)NCCc1ncc[nH]1. The van der Waals surface area contributed by atoms with E-state index in [4.69, 9.17) is 11.6 Å². The van der Waals surface area contributed by atoms with E-state index < -0.39 is 0 Å². The molecule has 72 valence electrons. The highest BCUT2D eigenvalue weighted by atomic mass is 35.5. The number of halogens is 1. The predicted molar refractivity (Wildman–Crippen MR) is 50.6 cm³/mol. The predicted octanol–water partition coefficient (Wildman–Crippen LogP) is 0.697. The fraction of sp³-hybridized carbons (Fsp3) is 0.500. The first-order valence-electron chi connectivity index (χ1n) is 4.14. The van der Waals surface area contributed by atoms with Crippen molar-refractivity contribution in [3.8, 4) is 0 Å². The fourth-order valence-corrected chi connectivity index (χ4v) is 1.10. The summed E-state index contributed by atoms with van der Waals surface area (Å²) < 4.78 is 0. The molecule has 1 rings (SSSR count). The number of nitrogens with zero attached hydrogens (tertiary/aromatic N) is 1. The normalized spacial score (nSPS) is 9.92. The fourth-order valence-electron chi connectivity index (χ4n) is 0.929. The smallest absolute Gasteiger partial charge is 0.221 e. The van der Waals surface area contributed by atoms with Crippen molar-refractivity contribution >= 4 is 17.5 Å². The number of H-pyrrole nitrogens is 1. The first kappa shape index (κ1) is 10.1. The molecule has 4 nitrogen and oxygen atoms in total. The number of imidazole rings is 1. The van der Waals surface area contributed by atoms with E-state index in [9.17, 15) is 4.79 Å². The molecule has 0 fully saturated rings. The molecule has 5 heteroatoms. The molecule has 1 amide bonds. The lowest BCUT2D eigenvalue weighted by atomic mass is 10.4. The lowest BCUT2D eigenvalue weighted by Crippen LogP contribution is -2.25. The van der Waals surface area contributed by atoms with Crippen molar-refractivity contribution in [3.63, 3.8) is 0 Å². The van der Waals surface area contributed by atoms with Gasteiger partial charge < -0.3 is 10.3 Å². The van der Waals surface area contributed by atoms with E-state index in [1.54, 1.807) is 12.4 Å². The average molecular weight is 202 g/mol. The van der Waals surface area contributed by atoms with Crippen LogP contribution < -0.4 is 5.32 Å². The van der Waals surface area contributed by atoms with Gasteiger partial charge in [0, 0.05) is 37.7 Å². The van der Waals surface area contributed by atoms with Crippen LogP contribution in [-0.4, -0.2) is 28.3 Å². The Bertz CT molecular complexity index is 248. The zero-order chi connectivity index (χ0) is 9.52. The van der Waals surface area contributed by atoms with Gasteiger partial charge in [0.05, 0.1) is 0 Å². The molecule has 0 saturated carbocycles. The molecule has 13 heavy (non-hydrogen) atoms. The summed E-state index contributed by atoms with van der Waals surface area (Å²) in [6.07, 6.45) is 4.55. The first-order valence-corrected chi connectivity index (χ1v) is 4.67. The van der Waals surface area contributed by atoms with Crippen molar-refractivity contribution in [3.05, 3.63) is 18.2 Å². The van der Waals surface area contributed by atoms with Crippen molar-refractivity contribution in [1.82, 2.24) is 15.3 Å². The molecule has 0 aliphatic heterocycles. The lowest BCUT2D eigenvalue weighted by molar-refractivity contribution is -0.120. The molecular formula is C8H12ClN3O. The van der Waals surface area contributed by atoms with Gasteiger partial charge in [-0.2, -0.15) is 0 Å². The molecule has 0 aliphatic carbocycles. The Morgan fingerprint density at radius 1 is 1.69 bits per heavy atom. The molecule has 1 aromatic heterocycles. The maximum Gasteiger partial charge on any atom is 0.221 e. The van der Waals surface area contributed by atoms with Crippen LogP contribution in [0.5, 0.6) is 0 Å². The van der Waals surface area contributed by atoms with E-state index in [-0.39, 0.29) is 5.91 Å². The highest BCUT2D eigenvalue weighted by Crippen LogP contribution is 1.89. The third-order valence-electron chi connectivity index (χ3n) is 1.56. The number of alkyl halides is 1. The number of nitrogens with one attached hydrogen (secondary N) is 2. The summed E-state index contributed by atoms with van der Waals surface area (Å²) >= 11 is 5.40. The third-order valence-corrected chi connectivity index (χ3v) is 1.75. The van der Waals surface area contributed by atoms with Gasteiger partial charge in [0.25, 0.3) is 0 Å². The second-order valence-electron chi connectivity index (χ2n) is 2.57. The molecule has 0 atom stereocenters. The number of amides is 1. The monoisotopic (exact) mass is 201 g/mol. The van der Waals surface area contributed by atoms with Gasteiger partial charge in [0.15, 0.2) is 0 Å². The molecule has 0 aliphatic rings. The second kappa shape index (κ2) is 5.59. The minimum Gasteiger partial charge on any atom is -0.356 e. The summed E-state index contributed by atoms with van der Waals surface area (Å²) in [4.78, 5) is 17.9. The van der Waals surface area contributed by atoms with Crippen LogP contribution >= 0.6 is 11.6 Å². The quantitative estimate of drug-likeness (QED) is 0.689. The van der Waals surface area contributed by atoms with Crippen molar-refractivity contribution in [2.24, 2.45) is 0 Å². The molecule has 0 unspecified atom stereocenters. The summed E-state index contributed by atoms with van der Waals surface area (Å²) in [5.41, 5.74) is 0. The van der Waals surface area contributed by atoms with E-state index in [0.29, 0.717) is 18.8 Å². The Hall–Kier alpha value is -1.03. The molecule has 1 aromatic rings. The van der Waals surface area contributed by atoms with Crippen molar-refractivity contribution in [2.75, 3.05) is 12.4 Å². The van der Waals surface area contributed by atoms with Gasteiger partial charge in [-0.05, 0) is 0 Å². The Morgan fingerprint density at radius 2 is 2.54 bits per heavy atom. The molecule has 0 aromatic carbocycles. The summed E-state index contributed by atoms with van der Waals surface area (Å²) in [7, 11) is 0. The minimum absolute atomic E-state index is 0.0124. The number of hydrogen-bond acceptors (Lipinski definition) is 2. The van der Waals surface area contributed by atoms with E-state index in [0.717, 1.165) is 12.2 Å². The summed E-state index contributed by atoms with van der Waals surface area (Å²) in [5, 5.41) is 2.74. The summed E-state index contributed by atoms with van der Waals surface area (Å²) in [6, 6.07) is 0. The van der Waals surface area contributed by atoms with Gasteiger partial charge in [-0.3, -0.25) is 4.79 Å². The molecule has 0 saturated heterocycles. The van der Waals surface area contributed by atoms with Crippen LogP contribution in [0.4, 0.5) is 0 Å². The summed E-state index contributed by atoms with van der Waals surface area (Å²) in [5.74, 6) is 1.24. The van der Waals surface area contributed by atoms with E-state index in [1.165, 1.54) is 0 Å². The maximum absolute atomic E-state index is 10.9. The number of rotatable bonds is 5. The molecule has 0 spiro atoms. The van der Waals surface area contributed by atoms with Crippen LogP contribution in [0.25, 0.3) is 0 Å². The lowest BCUT2D eigenvalue weighted by Gasteiger charge is -2.01. The Morgan fingerprint density at radius 3 is 3.15 bits per heavy atom. The topological polar surface area (TPSA) is 57.8 Å². The Balaban J connectivity index is 2.11. The first-order chi connectivity index (χ1) is 6.33. The third kappa shape index (κ3) is 3.94. The van der Waals surface area contributed by atoms with Gasteiger partial charge in [0.1, 0.15) is 5.82 Å². The average Bonchev–Trinajstić information content (AvgIpc) is 2.57. The van der Waals surface area contributed by atoms with Gasteiger partial charge >= 0.3 is 0 Å². The molecule has 0 radical (unpaired) electrons. The van der Waals surface area contributed by atoms with Crippen LogP contribution in [0.15, 0.2) is 12.4 Å². The van der Waals surface area contributed by atoms with Gasteiger partial charge in [-0.1, -0.05) is 0 Å². The number of aromatic amines is 1. The molecular weight excluding hydrogens is 190 g/mol. The number of aromatic nitrogens is 2. The van der Waals surface area contributed by atoms with Gasteiger partial charge in [-0.25, -0.2) is 4.98 Å². The molecule has 1 heterocycles. The van der Waals surface area contributed by atoms with Crippen LogP contribution in [0.3, 0.4) is 0 Å². The van der Waals surface area contributed by atoms with Crippen molar-refractivity contribution in [1.29, 1.82) is 0 Å². The van der Waals surface area contributed by atoms with Crippen molar-refractivity contribution in [2.45, 2.75) is 12.8 Å². The number of hydrogen-bond donors (Lipinski definition) is 2. The highest BCUT2D eigenvalue weighted by Gasteiger charge is 1.99. The van der Waals surface area contributed by atoms with Crippen LogP contribution in [0, 0.1) is 0 Å². The van der Waals surface area contributed by atoms with E-state index in [1.807, 2.05) is 0 Å². The summed E-state index contributed by atoms with van der Waals surface area (Å²) in [6.45, 7) is 0.600. The van der Waals surface area contributed by atoms with Crippen molar-refractivity contribution < 1.29 is 4.79 Å². The maximum atomic E-state index is 10.9. The van der Waals surface area contributed by atoms with Crippen LogP contribution in [-0.2, 0) is 11.2 Å². The standard InChI is InChI=1S/C8H12ClN3O/c9-3-1-8(13)12-4-2-7-10-5-6-11-7/h5-6H,1-4H2,(H,10,11)(H,12,13). The zero-order valence-electron chi connectivity index (χ0n) is 7.22. The van der Waals surface area contributed by atoms with E-state index in [2.05, 4.69) is 15.3 Å². The zero-order valence-corrected chi connectivity index (χ0v) is 7.97. The highest BCUT2D eigenvalue weighted by molar-refractivity contribution is 6.18. The molecule has 0 bridgehead atoms. The largest absolute Gasteiger partial charge is 0.356 e. The van der Waals surface area contributed by atoms with Gasteiger partial charge in [-0.15, -0.1) is 11.6 Å². The van der Waals surface area contributed by atoms with Crippen LogP contribution in [0.1, 0.15) is 12.2 Å². The second-order valence-corrected chi connectivity index (χ2v) is 2.95. The Labute approximate surface area is 81.7 Å². The van der Waals surface area contributed by atoms with E-state index >= 15 is 0 Å². The molecule has 2 N–H and O–H groups in total. The van der Waals surface area contributed by atoms with Crippen LogP contribution in [0.2, 0.25) is 0 Å². The number of carbonyl (C=O) groups excluding carboxylic acids is 1. The number of carbonyl (C=O) groups is 1. The minimum atomic E-state index is -0.0124.